The molecule has 3 rings (SSSR count). The van der Waals surface area contributed by atoms with Crippen LogP contribution in [0.5, 0.6) is 0 Å². The van der Waals surface area contributed by atoms with Crippen LogP contribution in [0.4, 0.5) is 36.3 Å². The molecule has 3 aromatic rings. The van der Waals surface area contributed by atoms with E-state index in [1.165, 1.54) is 5.56 Å². The van der Waals surface area contributed by atoms with Gasteiger partial charge in [-0.1, -0.05) is 26.0 Å². The quantitative estimate of drug-likeness (QED) is 0.385. The Balaban J connectivity index is 1.96. The third-order valence-electron chi connectivity index (χ3n) is 4.44. The summed E-state index contributed by atoms with van der Waals surface area (Å²) < 4.78 is 41.4. The highest BCUT2D eigenvalue weighted by molar-refractivity contribution is 14.1. The molecule has 29 heavy (non-hydrogen) atoms. The Hall–Kier alpha value is -2.36. The Kier molecular flexibility index (Phi) is 6.30. The van der Waals surface area contributed by atoms with Crippen LogP contribution in [0.1, 0.15) is 30.9 Å². The van der Waals surface area contributed by atoms with Crippen LogP contribution in [0.15, 0.2) is 54.7 Å². The van der Waals surface area contributed by atoms with E-state index in [4.69, 9.17) is 0 Å². The number of nitrogens with one attached hydrogen (secondary N) is 1. The van der Waals surface area contributed by atoms with Gasteiger partial charge in [0.15, 0.2) is 0 Å². The monoisotopic (exact) mass is 512 g/mol. The van der Waals surface area contributed by atoms with Crippen LogP contribution in [-0.2, 0) is 6.18 Å². The van der Waals surface area contributed by atoms with Crippen molar-refractivity contribution in [3.63, 3.8) is 0 Å². The topological polar surface area (TPSA) is 41.1 Å². The van der Waals surface area contributed by atoms with E-state index in [1.807, 2.05) is 24.3 Å². The summed E-state index contributed by atoms with van der Waals surface area (Å²) in [5, 5.41) is 2.78. The molecule has 1 aromatic heterocycles. The van der Waals surface area contributed by atoms with E-state index < -0.39 is 11.7 Å². The minimum atomic E-state index is -4.57. The maximum Gasteiger partial charge on any atom is 0.421 e. The number of alkyl halides is 3. The second kappa shape index (κ2) is 8.56. The van der Waals surface area contributed by atoms with Crippen molar-refractivity contribution in [2.75, 3.05) is 17.3 Å². The van der Waals surface area contributed by atoms with Crippen molar-refractivity contribution in [2.45, 2.75) is 25.9 Å². The minimum absolute atomic E-state index is 0.170. The average molecular weight is 512 g/mol. The summed E-state index contributed by atoms with van der Waals surface area (Å²) in [4.78, 5) is 9.78. The first-order valence-electron chi connectivity index (χ1n) is 8.95. The minimum Gasteiger partial charge on any atom is -0.340 e. The van der Waals surface area contributed by atoms with Crippen LogP contribution in [-0.4, -0.2) is 17.0 Å². The number of anilines is 4. The van der Waals surface area contributed by atoms with Crippen LogP contribution in [0.3, 0.4) is 0 Å². The van der Waals surface area contributed by atoms with E-state index >= 15 is 0 Å². The van der Waals surface area contributed by atoms with Gasteiger partial charge in [0.2, 0.25) is 5.95 Å². The lowest BCUT2D eigenvalue weighted by Crippen LogP contribution is -2.17. The Bertz CT molecular complexity index is 971. The second-order valence-electron chi connectivity index (χ2n) is 6.87. The van der Waals surface area contributed by atoms with Crippen molar-refractivity contribution in [2.24, 2.45) is 0 Å². The van der Waals surface area contributed by atoms with Gasteiger partial charge in [0, 0.05) is 28.2 Å². The predicted octanol–water partition coefficient (Wildman–Crippen LogP) is 6.73. The van der Waals surface area contributed by atoms with Gasteiger partial charge in [-0.2, -0.15) is 18.2 Å². The normalized spacial score (nSPS) is 11.6. The molecule has 0 aliphatic rings. The number of rotatable bonds is 5. The summed E-state index contributed by atoms with van der Waals surface area (Å²) in [5.74, 6) is 0.277. The Labute approximate surface area is 181 Å². The summed E-state index contributed by atoms with van der Waals surface area (Å²) in [6.45, 7) is 4.19. The molecule has 152 valence electrons. The molecule has 0 amide bonds. The summed E-state index contributed by atoms with van der Waals surface area (Å²) in [5.41, 5.74) is 1.57. The zero-order valence-corrected chi connectivity index (χ0v) is 18.3. The fourth-order valence-electron chi connectivity index (χ4n) is 2.71. The molecule has 4 nitrogen and oxygen atoms in total. The number of nitrogens with zero attached hydrogens (tertiary/aromatic N) is 3. The van der Waals surface area contributed by atoms with Crippen molar-refractivity contribution < 1.29 is 13.2 Å². The van der Waals surface area contributed by atoms with Gasteiger partial charge in [-0.05, 0) is 70.5 Å². The van der Waals surface area contributed by atoms with Crippen molar-refractivity contribution in [1.82, 2.24) is 9.97 Å². The molecular formula is C21H20F3IN4. The van der Waals surface area contributed by atoms with Crippen molar-refractivity contribution in [1.29, 1.82) is 0 Å². The highest BCUT2D eigenvalue weighted by Crippen LogP contribution is 2.36. The second-order valence-corrected chi connectivity index (χ2v) is 8.11. The summed E-state index contributed by atoms with van der Waals surface area (Å²) >= 11 is 2.13. The molecule has 0 atom stereocenters. The lowest BCUT2D eigenvalue weighted by atomic mass is 10.0. The molecule has 0 spiro atoms. The van der Waals surface area contributed by atoms with Gasteiger partial charge >= 0.3 is 6.18 Å². The van der Waals surface area contributed by atoms with Crippen molar-refractivity contribution >= 4 is 45.7 Å². The lowest BCUT2D eigenvalue weighted by Gasteiger charge is -2.20. The summed E-state index contributed by atoms with van der Waals surface area (Å²) in [6.07, 6.45) is -3.75. The van der Waals surface area contributed by atoms with Crippen LogP contribution >= 0.6 is 22.6 Å². The molecule has 0 bridgehead atoms. The zero-order valence-electron chi connectivity index (χ0n) is 16.1. The fraction of sp³-hybridized carbons (Fsp3) is 0.238. The number of halogens is 4. The standard InChI is InChI=1S/C21H20F3IN4/c1-13(2)14-4-10-17(11-5-14)29(3)20-26-12-18(21(22,23)24)19(28-20)27-16-8-6-15(25)7-9-16/h4-13H,1-3H3,(H,26,27,28). The summed E-state index contributed by atoms with van der Waals surface area (Å²) in [7, 11) is 1.72. The van der Waals surface area contributed by atoms with Gasteiger partial charge in [-0.25, -0.2) is 4.98 Å². The van der Waals surface area contributed by atoms with E-state index in [2.05, 4.69) is 51.7 Å². The number of hydrogen-bond acceptors (Lipinski definition) is 4. The van der Waals surface area contributed by atoms with Gasteiger partial charge in [-0.15, -0.1) is 0 Å². The molecular weight excluding hydrogens is 492 g/mol. The molecule has 8 heteroatoms. The SMILES string of the molecule is CC(C)c1ccc(N(C)c2ncc(C(F)(F)F)c(Nc3ccc(I)cc3)n2)cc1. The maximum atomic E-state index is 13.5. The molecule has 1 N–H and O–H groups in total. The predicted molar refractivity (Wildman–Crippen MR) is 118 cm³/mol. The molecule has 0 fully saturated rings. The van der Waals surface area contributed by atoms with Gasteiger partial charge in [0.1, 0.15) is 11.4 Å². The number of aromatic nitrogens is 2. The smallest absolute Gasteiger partial charge is 0.340 e. The van der Waals surface area contributed by atoms with E-state index in [9.17, 15) is 13.2 Å². The molecule has 2 aromatic carbocycles. The van der Waals surface area contributed by atoms with Crippen LogP contribution < -0.4 is 10.2 Å². The Morgan fingerprint density at radius 2 is 1.62 bits per heavy atom. The molecule has 0 aliphatic heterocycles. The van der Waals surface area contributed by atoms with Gasteiger partial charge < -0.3 is 10.2 Å². The van der Waals surface area contributed by atoms with Crippen LogP contribution in [0, 0.1) is 3.57 Å². The molecule has 0 unspecified atom stereocenters. The summed E-state index contributed by atoms with van der Waals surface area (Å²) in [6, 6.07) is 14.8. The van der Waals surface area contributed by atoms with Crippen LogP contribution in [0.2, 0.25) is 0 Å². The molecule has 0 saturated carbocycles. The number of benzene rings is 2. The molecule has 0 aliphatic carbocycles. The molecule has 0 saturated heterocycles. The molecule has 1 heterocycles. The molecule has 0 radical (unpaired) electrons. The third-order valence-corrected chi connectivity index (χ3v) is 5.15. The van der Waals surface area contributed by atoms with Gasteiger partial charge in [0.25, 0.3) is 0 Å². The Morgan fingerprint density at radius 3 is 2.17 bits per heavy atom. The highest BCUT2D eigenvalue weighted by atomic mass is 127. The van der Waals surface area contributed by atoms with Gasteiger partial charge in [0.05, 0.1) is 0 Å². The lowest BCUT2D eigenvalue weighted by molar-refractivity contribution is -0.137. The van der Waals surface area contributed by atoms with Crippen LogP contribution in [0.25, 0.3) is 0 Å². The largest absolute Gasteiger partial charge is 0.421 e. The van der Waals surface area contributed by atoms with E-state index in [-0.39, 0.29) is 11.8 Å². The maximum absolute atomic E-state index is 13.5. The highest BCUT2D eigenvalue weighted by Gasteiger charge is 2.35. The zero-order chi connectivity index (χ0) is 21.2. The average Bonchev–Trinajstić information content (AvgIpc) is 2.68. The van der Waals surface area contributed by atoms with E-state index in [1.54, 1.807) is 36.2 Å². The van der Waals surface area contributed by atoms with Gasteiger partial charge in [-0.3, -0.25) is 0 Å². The first-order chi connectivity index (χ1) is 13.6. The Morgan fingerprint density at radius 1 is 1.00 bits per heavy atom. The van der Waals surface area contributed by atoms with E-state index in [0.29, 0.717) is 11.6 Å². The first-order valence-corrected chi connectivity index (χ1v) is 10.0. The first kappa shape index (κ1) is 21.4. The third kappa shape index (κ3) is 5.17. The van der Waals surface area contributed by atoms with Crippen molar-refractivity contribution in [3.05, 3.63) is 69.4 Å². The number of hydrogen-bond donors (Lipinski definition) is 1. The van der Waals surface area contributed by atoms with E-state index in [0.717, 1.165) is 15.5 Å². The fourth-order valence-corrected chi connectivity index (χ4v) is 3.06. The van der Waals surface area contributed by atoms with Crippen molar-refractivity contribution in [3.8, 4) is 0 Å².